The summed E-state index contributed by atoms with van der Waals surface area (Å²) in [5.41, 5.74) is 25.2. The van der Waals surface area contributed by atoms with Crippen molar-refractivity contribution >= 4 is 47.8 Å². The highest BCUT2D eigenvalue weighted by Gasteiger charge is 2.37. The van der Waals surface area contributed by atoms with E-state index < -0.39 is 11.1 Å². The fourth-order valence-electron chi connectivity index (χ4n) is 4.41. The number of hydrogen-bond acceptors (Lipinski definition) is 6. The Bertz CT molecular complexity index is 1280. The molecule has 4 atom stereocenters. The van der Waals surface area contributed by atoms with Crippen LogP contribution in [0.2, 0.25) is 0 Å². The second kappa shape index (κ2) is 14.0. The van der Waals surface area contributed by atoms with Gasteiger partial charge in [0.25, 0.3) is 0 Å². The first-order chi connectivity index (χ1) is 17.9. The van der Waals surface area contributed by atoms with Crippen molar-refractivity contribution in [1.82, 2.24) is 0 Å². The fraction of sp³-hybridized carbons (Fsp3) is 0.250. The second-order valence-electron chi connectivity index (χ2n) is 9.87. The number of nitrogens with two attached hydrogens (primary N) is 4. The maximum atomic E-state index is 13.3. The molecule has 0 aliphatic rings. The fourth-order valence-corrected chi connectivity index (χ4v) is 4.41. The molecular weight excluding hydrogens is 543 g/mol. The van der Waals surface area contributed by atoms with Crippen LogP contribution in [0.25, 0.3) is 0 Å². The van der Waals surface area contributed by atoms with E-state index in [0.717, 1.165) is 11.1 Å². The Morgan fingerprint density at radius 1 is 0.650 bits per heavy atom. The molecule has 3 aromatic carbocycles. The average Bonchev–Trinajstić information content (AvgIpc) is 2.92. The molecule has 3 rings (SSSR count). The van der Waals surface area contributed by atoms with Crippen molar-refractivity contribution in [2.24, 2.45) is 11.5 Å². The first-order valence-electron chi connectivity index (χ1n) is 12.4. The molecule has 0 saturated carbocycles. The highest BCUT2D eigenvalue weighted by Crippen LogP contribution is 2.30. The molecule has 4 unspecified atom stereocenters. The van der Waals surface area contributed by atoms with Crippen LogP contribution >= 0.6 is 24.8 Å². The maximum Gasteiger partial charge on any atom is 0.170 e. The van der Waals surface area contributed by atoms with Gasteiger partial charge in [-0.3, -0.25) is 9.59 Å². The lowest BCUT2D eigenvalue weighted by Crippen LogP contribution is -2.45. The lowest BCUT2D eigenvalue weighted by molar-refractivity contribution is -0.123. The summed E-state index contributed by atoms with van der Waals surface area (Å²) in [6.07, 6.45) is 11.8. The molecule has 8 N–H and O–H groups in total. The molecule has 210 valence electrons. The zero-order chi connectivity index (χ0) is 28.1. The Morgan fingerprint density at radius 3 is 1.18 bits per heavy atom. The Hall–Kier alpha value is -3.78. The first kappa shape index (κ1) is 34.2. The molecule has 0 fully saturated rings. The SMILES string of the molecule is C#CC(N)(C(=O)CC(C)c1ccc(N)cc1)c1ccc(C(N)(C#C)C(=O)CC(C)c2ccc(N)cc2)cc1.Cl.Cl. The van der Waals surface area contributed by atoms with Crippen molar-refractivity contribution in [3.63, 3.8) is 0 Å². The number of carbonyl (C=O) groups excluding carboxylic acids is 2. The zero-order valence-corrected chi connectivity index (χ0v) is 24.2. The van der Waals surface area contributed by atoms with Crippen molar-refractivity contribution < 1.29 is 9.59 Å². The van der Waals surface area contributed by atoms with Gasteiger partial charge in [-0.1, -0.05) is 74.2 Å². The van der Waals surface area contributed by atoms with E-state index in [0.29, 0.717) is 22.5 Å². The van der Waals surface area contributed by atoms with E-state index in [-0.39, 0.29) is 61.1 Å². The molecular formula is C32H36Cl2N4O2. The van der Waals surface area contributed by atoms with Crippen LogP contribution in [0.15, 0.2) is 72.8 Å². The van der Waals surface area contributed by atoms with Gasteiger partial charge in [-0.15, -0.1) is 37.7 Å². The number of hydrogen-bond donors (Lipinski definition) is 4. The largest absolute Gasteiger partial charge is 0.399 e. The van der Waals surface area contributed by atoms with Crippen molar-refractivity contribution in [2.45, 2.75) is 49.6 Å². The number of anilines is 2. The molecule has 0 saturated heterocycles. The highest BCUT2D eigenvalue weighted by atomic mass is 35.5. The quantitative estimate of drug-likeness (QED) is 0.201. The smallest absolute Gasteiger partial charge is 0.170 e. The minimum Gasteiger partial charge on any atom is -0.399 e. The lowest BCUT2D eigenvalue weighted by atomic mass is 9.79. The third-order valence-corrected chi connectivity index (χ3v) is 7.12. The molecule has 0 aromatic heterocycles. The third kappa shape index (κ3) is 7.24. The number of ketones is 2. The van der Waals surface area contributed by atoms with Crippen LogP contribution in [0, 0.1) is 24.7 Å². The van der Waals surface area contributed by atoms with Gasteiger partial charge in [0.1, 0.15) is 0 Å². The van der Waals surface area contributed by atoms with Gasteiger partial charge in [-0.2, -0.15) is 0 Å². The van der Waals surface area contributed by atoms with Crippen LogP contribution in [-0.2, 0) is 20.7 Å². The summed E-state index contributed by atoms with van der Waals surface area (Å²) < 4.78 is 0. The van der Waals surface area contributed by atoms with Crippen LogP contribution in [0.4, 0.5) is 11.4 Å². The number of halogens is 2. The number of rotatable bonds is 10. The monoisotopic (exact) mass is 578 g/mol. The standard InChI is InChI=1S/C32H34N4O2.2ClH/c1-5-31(35,29(37)19-21(3)23-7-15-27(33)16-8-23)25-11-13-26(14-12-25)32(36,6-2)30(38)20-22(4)24-9-17-28(34)18-10-24;;/h1-2,7-18,21-22H,19-20,33-36H2,3-4H3;2*1H. The number of terminal acetylenes is 2. The Kier molecular flexibility index (Phi) is 12.0. The second-order valence-corrected chi connectivity index (χ2v) is 9.87. The van der Waals surface area contributed by atoms with E-state index in [2.05, 4.69) is 11.8 Å². The van der Waals surface area contributed by atoms with E-state index in [1.54, 1.807) is 48.5 Å². The maximum absolute atomic E-state index is 13.3. The molecule has 0 bridgehead atoms. The molecule has 3 aromatic rings. The van der Waals surface area contributed by atoms with Crippen LogP contribution in [0.3, 0.4) is 0 Å². The van der Waals surface area contributed by atoms with Crippen molar-refractivity contribution in [3.8, 4) is 24.7 Å². The normalized spacial score (nSPS) is 14.8. The molecule has 6 nitrogen and oxygen atoms in total. The van der Waals surface area contributed by atoms with Gasteiger partial charge >= 0.3 is 0 Å². The molecule has 8 heteroatoms. The molecule has 0 aliphatic carbocycles. The summed E-state index contributed by atoms with van der Waals surface area (Å²) in [6.45, 7) is 3.85. The summed E-state index contributed by atoms with van der Waals surface area (Å²) in [5, 5.41) is 0. The predicted molar refractivity (Wildman–Crippen MR) is 168 cm³/mol. The van der Waals surface area contributed by atoms with Crippen LogP contribution in [-0.4, -0.2) is 11.6 Å². The van der Waals surface area contributed by atoms with Gasteiger partial charge in [0.05, 0.1) is 0 Å². The van der Waals surface area contributed by atoms with Crippen LogP contribution in [0.1, 0.15) is 60.8 Å². The van der Waals surface area contributed by atoms with Gasteiger partial charge in [-0.05, 0) is 58.4 Å². The van der Waals surface area contributed by atoms with Crippen LogP contribution in [0.5, 0.6) is 0 Å². The van der Waals surface area contributed by atoms with E-state index in [1.165, 1.54) is 0 Å². The molecule has 0 aliphatic heterocycles. The topological polar surface area (TPSA) is 138 Å². The van der Waals surface area contributed by atoms with E-state index in [1.807, 2.05) is 38.1 Å². The number of benzene rings is 3. The average molecular weight is 580 g/mol. The summed E-state index contributed by atoms with van der Waals surface area (Å²) in [4.78, 5) is 26.5. The van der Waals surface area contributed by atoms with Crippen molar-refractivity contribution in [3.05, 3.63) is 95.1 Å². The Morgan fingerprint density at radius 2 is 0.925 bits per heavy atom. The summed E-state index contributed by atoms with van der Waals surface area (Å²) in [6, 6.07) is 21.1. The lowest BCUT2D eigenvalue weighted by Gasteiger charge is -2.27. The van der Waals surface area contributed by atoms with E-state index in [9.17, 15) is 9.59 Å². The van der Waals surface area contributed by atoms with Gasteiger partial charge < -0.3 is 22.9 Å². The molecule has 0 spiro atoms. The minimum absolute atomic E-state index is 0. The summed E-state index contributed by atoms with van der Waals surface area (Å²) in [5.74, 6) is 4.09. The molecule has 0 heterocycles. The molecule has 40 heavy (non-hydrogen) atoms. The minimum atomic E-state index is -1.65. The van der Waals surface area contributed by atoms with Gasteiger partial charge in [0.2, 0.25) is 0 Å². The molecule has 0 radical (unpaired) electrons. The van der Waals surface area contributed by atoms with E-state index >= 15 is 0 Å². The van der Waals surface area contributed by atoms with Crippen molar-refractivity contribution in [1.29, 1.82) is 0 Å². The number of nitrogen functional groups attached to an aromatic ring is 2. The number of Topliss-reactive ketones (excluding diaryl/α,β-unsaturated/α-hetero) is 2. The number of carbonyl (C=O) groups is 2. The van der Waals surface area contributed by atoms with E-state index in [4.69, 9.17) is 35.8 Å². The summed E-state index contributed by atoms with van der Waals surface area (Å²) in [7, 11) is 0. The Labute approximate surface area is 249 Å². The van der Waals surface area contributed by atoms with Crippen molar-refractivity contribution in [2.75, 3.05) is 11.5 Å². The summed E-state index contributed by atoms with van der Waals surface area (Å²) >= 11 is 0. The van der Waals surface area contributed by atoms with Crippen LogP contribution < -0.4 is 22.9 Å². The zero-order valence-electron chi connectivity index (χ0n) is 22.6. The van der Waals surface area contributed by atoms with Gasteiger partial charge in [-0.25, -0.2) is 0 Å². The van der Waals surface area contributed by atoms with Gasteiger partial charge in [0, 0.05) is 24.2 Å². The third-order valence-electron chi connectivity index (χ3n) is 7.12. The van der Waals surface area contributed by atoms with Gasteiger partial charge in [0.15, 0.2) is 22.6 Å². The first-order valence-corrected chi connectivity index (χ1v) is 12.4. The molecule has 0 amide bonds. The predicted octanol–water partition coefficient (Wildman–Crippen LogP) is 4.79. The Balaban J connectivity index is 0.00000400. The highest BCUT2D eigenvalue weighted by molar-refractivity contribution is 5.94.